The van der Waals surface area contributed by atoms with Crippen LogP contribution in [0.25, 0.3) is 5.65 Å². The Kier molecular flexibility index (Phi) is 2.84. The van der Waals surface area contributed by atoms with Gasteiger partial charge in [-0.2, -0.15) is 0 Å². The first-order chi connectivity index (χ1) is 8.34. The molecule has 90 valence electrons. The molecule has 1 saturated carbocycles. The SMILES string of the molecule is ClC1CCCCC1Nc1nccn2cnnc12. The molecule has 2 unspecified atom stereocenters. The van der Waals surface area contributed by atoms with Crippen LogP contribution in [0.3, 0.4) is 0 Å². The lowest BCUT2D eigenvalue weighted by molar-refractivity contribution is 0.469. The lowest BCUT2D eigenvalue weighted by atomic mass is 9.95. The molecule has 0 bridgehead atoms. The van der Waals surface area contributed by atoms with E-state index < -0.39 is 0 Å². The van der Waals surface area contributed by atoms with Gasteiger partial charge >= 0.3 is 0 Å². The van der Waals surface area contributed by atoms with E-state index in [0.29, 0.717) is 0 Å². The van der Waals surface area contributed by atoms with E-state index in [2.05, 4.69) is 20.5 Å². The van der Waals surface area contributed by atoms with Gasteiger partial charge in [0.15, 0.2) is 5.82 Å². The molecule has 1 aliphatic rings. The minimum absolute atomic E-state index is 0.175. The molecule has 0 aliphatic heterocycles. The van der Waals surface area contributed by atoms with Gasteiger partial charge in [-0.1, -0.05) is 12.8 Å². The third-order valence-electron chi connectivity index (χ3n) is 3.22. The molecule has 3 rings (SSSR count). The molecule has 2 atom stereocenters. The highest BCUT2D eigenvalue weighted by Gasteiger charge is 2.24. The fourth-order valence-corrected chi connectivity index (χ4v) is 2.63. The summed E-state index contributed by atoms with van der Waals surface area (Å²) in [6, 6.07) is 0.279. The van der Waals surface area contributed by atoms with Gasteiger partial charge in [-0.05, 0) is 12.8 Å². The van der Waals surface area contributed by atoms with E-state index in [1.807, 2.05) is 10.6 Å². The van der Waals surface area contributed by atoms with E-state index in [1.54, 1.807) is 12.5 Å². The van der Waals surface area contributed by atoms with Crippen LogP contribution in [0.1, 0.15) is 25.7 Å². The maximum atomic E-state index is 6.32. The first-order valence-corrected chi connectivity index (χ1v) is 6.33. The van der Waals surface area contributed by atoms with Gasteiger partial charge in [0.25, 0.3) is 0 Å². The van der Waals surface area contributed by atoms with Crippen molar-refractivity contribution in [2.45, 2.75) is 37.1 Å². The molecule has 0 saturated heterocycles. The molecule has 17 heavy (non-hydrogen) atoms. The summed E-state index contributed by atoms with van der Waals surface area (Å²) in [7, 11) is 0. The van der Waals surface area contributed by atoms with Gasteiger partial charge in [-0.3, -0.25) is 4.40 Å². The Labute approximate surface area is 104 Å². The number of hydrogen-bond donors (Lipinski definition) is 1. The number of rotatable bonds is 2. The number of fused-ring (bicyclic) bond motifs is 1. The summed E-state index contributed by atoms with van der Waals surface area (Å²) in [5.41, 5.74) is 0.752. The quantitative estimate of drug-likeness (QED) is 0.831. The number of hydrogen-bond acceptors (Lipinski definition) is 4. The van der Waals surface area contributed by atoms with Gasteiger partial charge in [0.2, 0.25) is 5.65 Å². The van der Waals surface area contributed by atoms with Crippen molar-refractivity contribution in [3.8, 4) is 0 Å². The van der Waals surface area contributed by atoms with Crippen molar-refractivity contribution in [1.29, 1.82) is 0 Å². The third-order valence-corrected chi connectivity index (χ3v) is 3.74. The molecular weight excluding hydrogens is 238 g/mol. The predicted octanol–water partition coefficient (Wildman–Crippen LogP) is 2.09. The number of nitrogens with zero attached hydrogens (tertiary/aromatic N) is 4. The second kappa shape index (κ2) is 4.49. The van der Waals surface area contributed by atoms with Crippen LogP contribution in [0.4, 0.5) is 5.82 Å². The number of nitrogens with one attached hydrogen (secondary N) is 1. The van der Waals surface area contributed by atoms with Crippen molar-refractivity contribution < 1.29 is 0 Å². The topological polar surface area (TPSA) is 55.1 Å². The van der Waals surface area contributed by atoms with Gasteiger partial charge in [0, 0.05) is 18.4 Å². The summed E-state index contributed by atoms with van der Waals surface area (Å²) in [5.74, 6) is 0.766. The van der Waals surface area contributed by atoms with Gasteiger partial charge in [0.05, 0.1) is 5.38 Å². The molecule has 2 heterocycles. The minimum Gasteiger partial charge on any atom is -0.363 e. The van der Waals surface area contributed by atoms with Crippen molar-refractivity contribution in [3.05, 3.63) is 18.7 Å². The molecule has 1 fully saturated rings. The van der Waals surface area contributed by atoms with E-state index in [-0.39, 0.29) is 11.4 Å². The van der Waals surface area contributed by atoms with Crippen LogP contribution in [-0.2, 0) is 0 Å². The summed E-state index contributed by atoms with van der Waals surface area (Å²) < 4.78 is 1.85. The second-order valence-electron chi connectivity index (χ2n) is 4.39. The van der Waals surface area contributed by atoms with Crippen molar-refractivity contribution in [1.82, 2.24) is 19.6 Å². The van der Waals surface area contributed by atoms with Crippen molar-refractivity contribution >= 4 is 23.1 Å². The lowest BCUT2D eigenvalue weighted by Gasteiger charge is -2.28. The highest BCUT2D eigenvalue weighted by atomic mass is 35.5. The second-order valence-corrected chi connectivity index (χ2v) is 4.95. The Balaban J connectivity index is 1.86. The summed E-state index contributed by atoms with van der Waals surface area (Å²) in [6.45, 7) is 0. The first-order valence-electron chi connectivity index (χ1n) is 5.89. The Morgan fingerprint density at radius 2 is 2.24 bits per heavy atom. The van der Waals surface area contributed by atoms with Crippen LogP contribution in [0.2, 0.25) is 0 Å². The Hall–Kier alpha value is -1.36. The molecule has 2 aromatic heterocycles. The van der Waals surface area contributed by atoms with E-state index in [0.717, 1.165) is 24.3 Å². The van der Waals surface area contributed by atoms with Crippen LogP contribution in [0, 0.1) is 0 Å². The molecule has 0 aromatic carbocycles. The van der Waals surface area contributed by atoms with Gasteiger partial charge in [-0.25, -0.2) is 4.98 Å². The predicted molar refractivity (Wildman–Crippen MR) is 66.3 cm³/mol. The van der Waals surface area contributed by atoms with E-state index >= 15 is 0 Å². The average Bonchev–Trinajstić information content (AvgIpc) is 2.81. The smallest absolute Gasteiger partial charge is 0.203 e. The van der Waals surface area contributed by atoms with E-state index in [4.69, 9.17) is 11.6 Å². The lowest BCUT2D eigenvalue weighted by Crippen LogP contribution is -2.33. The summed E-state index contributed by atoms with van der Waals surface area (Å²) in [5, 5.41) is 11.5. The monoisotopic (exact) mass is 251 g/mol. The Morgan fingerprint density at radius 1 is 1.35 bits per heavy atom. The molecule has 1 N–H and O–H groups in total. The normalized spacial score (nSPS) is 25.0. The standard InChI is InChI=1S/C11H14ClN5/c12-8-3-1-2-4-9(8)15-10-11-16-14-7-17(11)6-5-13-10/h5-9H,1-4H2,(H,13,15). The number of alkyl halides is 1. The minimum atomic E-state index is 0.175. The van der Waals surface area contributed by atoms with Gasteiger partial charge in [0.1, 0.15) is 6.33 Å². The molecule has 0 amide bonds. The molecular formula is C11H14ClN5. The van der Waals surface area contributed by atoms with Crippen molar-refractivity contribution in [2.75, 3.05) is 5.32 Å². The number of halogens is 1. The highest BCUT2D eigenvalue weighted by Crippen LogP contribution is 2.26. The fraction of sp³-hybridized carbons (Fsp3) is 0.545. The van der Waals surface area contributed by atoms with Crippen LogP contribution in [0.5, 0.6) is 0 Å². The number of aromatic nitrogens is 4. The van der Waals surface area contributed by atoms with Gasteiger partial charge < -0.3 is 5.32 Å². The molecule has 5 nitrogen and oxygen atoms in total. The molecule has 6 heteroatoms. The number of anilines is 1. The first kappa shape index (κ1) is 10.8. The average molecular weight is 252 g/mol. The molecule has 0 spiro atoms. The third kappa shape index (κ3) is 2.07. The van der Waals surface area contributed by atoms with Crippen LogP contribution < -0.4 is 5.32 Å². The largest absolute Gasteiger partial charge is 0.363 e. The van der Waals surface area contributed by atoms with Crippen molar-refractivity contribution in [3.63, 3.8) is 0 Å². The molecule has 2 aromatic rings. The maximum Gasteiger partial charge on any atom is 0.203 e. The zero-order valence-electron chi connectivity index (χ0n) is 9.38. The van der Waals surface area contributed by atoms with Crippen LogP contribution in [-0.4, -0.2) is 31.0 Å². The Morgan fingerprint density at radius 3 is 3.12 bits per heavy atom. The zero-order chi connectivity index (χ0) is 11.7. The summed E-state index contributed by atoms with van der Waals surface area (Å²) >= 11 is 6.32. The zero-order valence-corrected chi connectivity index (χ0v) is 10.1. The fourth-order valence-electron chi connectivity index (χ4n) is 2.28. The van der Waals surface area contributed by atoms with Crippen LogP contribution in [0.15, 0.2) is 18.7 Å². The van der Waals surface area contributed by atoms with Gasteiger partial charge in [-0.15, -0.1) is 21.8 Å². The molecule has 1 aliphatic carbocycles. The van der Waals surface area contributed by atoms with Crippen molar-refractivity contribution in [2.24, 2.45) is 0 Å². The maximum absolute atomic E-state index is 6.32. The highest BCUT2D eigenvalue weighted by molar-refractivity contribution is 6.21. The van der Waals surface area contributed by atoms with Crippen LogP contribution >= 0.6 is 11.6 Å². The van der Waals surface area contributed by atoms with E-state index in [1.165, 1.54) is 12.8 Å². The summed E-state index contributed by atoms with van der Waals surface area (Å²) in [4.78, 5) is 4.31. The van der Waals surface area contributed by atoms with E-state index in [9.17, 15) is 0 Å². The summed E-state index contributed by atoms with van der Waals surface area (Å²) in [6.07, 6.45) is 9.83. The molecule has 0 radical (unpaired) electrons. The Bertz CT molecular complexity index is 511.